The lowest BCUT2D eigenvalue weighted by atomic mass is 10.0. The molecule has 0 spiro atoms. The Hall–Kier alpha value is -2.86. The van der Waals surface area contributed by atoms with E-state index in [0.29, 0.717) is 28.0 Å². The molecule has 2 aromatic carbocycles. The topological polar surface area (TPSA) is 71.5 Å². The lowest BCUT2D eigenvalue weighted by molar-refractivity contribution is 0.395. The summed E-state index contributed by atoms with van der Waals surface area (Å²) in [6.07, 6.45) is 1.75. The number of imidazole rings is 1. The molecule has 6 nitrogen and oxygen atoms in total. The van der Waals surface area contributed by atoms with Gasteiger partial charge < -0.3 is 24.5 Å². The summed E-state index contributed by atoms with van der Waals surface area (Å²) in [5.41, 5.74) is 10.1. The maximum absolute atomic E-state index is 6.28. The zero-order valence-electron chi connectivity index (χ0n) is 15.0. The highest BCUT2D eigenvalue weighted by Gasteiger charge is 2.18. The van der Waals surface area contributed by atoms with Crippen LogP contribution >= 0.6 is 11.6 Å². The van der Waals surface area contributed by atoms with Crippen LogP contribution in [-0.4, -0.2) is 30.9 Å². The summed E-state index contributed by atoms with van der Waals surface area (Å²) in [6, 6.07) is 9.32. The third kappa shape index (κ3) is 3.04. The minimum atomic E-state index is 0.421. The number of halogens is 1. The Kier molecular flexibility index (Phi) is 4.95. The van der Waals surface area contributed by atoms with E-state index < -0.39 is 0 Å². The molecule has 1 aromatic heterocycles. The number of ether oxygens (including phenoxy) is 3. The Morgan fingerprint density at radius 2 is 1.54 bits per heavy atom. The number of nitrogens with two attached hydrogens (primary N) is 1. The van der Waals surface area contributed by atoms with Crippen molar-refractivity contribution in [2.75, 3.05) is 27.1 Å². The summed E-state index contributed by atoms with van der Waals surface area (Å²) in [4.78, 5) is 4.55. The lowest BCUT2D eigenvalue weighted by Gasteiger charge is -2.13. The molecule has 7 heteroatoms. The highest BCUT2D eigenvalue weighted by atomic mass is 35.5. The van der Waals surface area contributed by atoms with Crippen molar-refractivity contribution in [3.63, 3.8) is 0 Å². The predicted octanol–water partition coefficient (Wildman–Crippen LogP) is 4.02. The first-order valence-electron chi connectivity index (χ1n) is 7.87. The van der Waals surface area contributed by atoms with E-state index in [1.165, 1.54) is 0 Å². The highest BCUT2D eigenvalue weighted by Crippen LogP contribution is 2.41. The number of nitrogens with zero attached hydrogens (tertiary/aromatic N) is 2. The van der Waals surface area contributed by atoms with E-state index in [2.05, 4.69) is 4.98 Å². The number of aryl methyl sites for hydroxylation is 1. The number of benzene rings is 2. The van der Waals surface area contributed by atoms with Crippen molar-refractivity contribution in [1.29, 1.82) is 0 Å². The van der Waals surface area contributed by atoms with Crippen LogP contribution in [-0.2, 0) is 7.05 Å². The van der Waals surface area contributed by atoms with Gasteiger partial charge in [-0.15, -0.1) is 0 Å². The van der Waals surface area contributed by atoms with Gasteiger partial charge in [0, 0.05) is 18.2 Å². The number of rotatable bonds is 5. The van der Waals surface area contributed by atoms with Crippen LogP contribution in [0.1, 0.15) is 0 Å². The molecule has 0 saturated carbocycles. The van der Waals surface area contributed by atoms with E-state index in [1.54, 1.807) is 27.7 Å². The Morgan fingerprint density at radius 3 is 2.08 bits per heavy atom. The molecule has 0 unspecified atom stereocenters. The smallest absolute Gasteiger partial charge is 0.141 e. The van der Waals surface area contributed by atoms with Gasteiger partial charge in [0.15, 0.2) is 0 Å². The minimum Gasteiger partial charge on any atom is -0.495 e. The average molecular weight is 374 g/mol. The van der Waals surface area contributed by atoms with Crippen molar-refractivity contribution >= 4 is 17.3 Å². The van der Waals surface area contributed by atoms with Crippen molar-refractivity contribution in [1.82, 2.24) is 9.55 Å². The van der Waals surface area contributed by atoms with Crippen LogP contribution in [0.2, 0.25) is 5.02 Å². The second-order valence-corrected chi connectivity index (χ2v) is 6.08. The zero-order valence-corrected chi connectivity index (χ0v) is 15.8. The normalized spacial score (nSPS) is 10.7. The Labute approximate surface area is 157 Å². The molecule has 136 valence electrons. The zero-order chi connectivity index (χ0) is 18.8. The fourth-order valence-corrected chi connectivity index (χ4v) is 3.13. The summed E-state index contributed by atoms with van der Waals surface area (Å²) in [5.74, 6) is 1.67. The second kappa shape index (κ2) is 7.17. The van der Waals surface area contributed by atoms with Crippen molar-refractivity contribution in [3.8, 4) is 39.8 Å². The second-order valence-electron chi connectivity index (χ2n) is 5.70. The van der Waals surface area contributed by atoms with Gasteiger partial charge in [-0.3, -0.25) is 0 Å². The van der Waals surface area contributed by atoms with E-state index in [9.17, 15) is 0 Å². The Bertz CT molecular complexity index is 928. The quantitative estimate of drug-likeness (QED) is 0.684. The molecule has 0 aliphatic rings. The fourth-order valence-electron chi connectivity index (χ4n) is 2.87. The van der Waals surface area contributed by atoms with E-state index in [1.807, 2.05) is 41.9 Å². The van der Waals surface area contributed by atoms with Crippen LogP contribution in [0.4, 0.5) is 5.69 Å². The lowest BCUT2D eigenvalue weighted by Crippen LogP contribution is -1.96. The number of aromatic nitrogens is 2. The molecule has 2 N–H and O–H groups in total. The molecule has 0 amide bonds. The van der Waals surface area contributed by atoms with Gasteiger partial charge >= 0.3 is 0 Å². The average Bonchev–Trinajstić information content (AvgIpc) is 3.03. The van der Waals surface area contributed by atoms with E-state index in [-0.39, 0.29) is 0 Å². The molecule has 0 fully saturated rings. The molecule has 1 heterocycles. The van der Waals surface area contributed by atoms with Crippen molar-refractivity contribution in [2.45, 2.75) is 0 Å². The van der Waals surface area contributed by atoms with Crippen molar-refractivity contribution in [3.05, 3.63) is 41.7 Å². The molecule has 3 rings (SSSR count). The first kappa shape index (κ1) is 17.9. The minimum absolute atomic E-state index is 0.421. The number of anilines is 1. The van der Waals surface area contributed by atoms with Gasteiger partial charge in [0.1, 0.15) is 22.3 Å². The monoisotopic (exact) mass is 373 g/mol. The number of nitrogen functional groups attached to an aromatic ring is 1. The molecular weight excluding hydrogens is 354 g/mol. The molecule has 0 saturated heterocycles. The summed E-state index contributed by atoms with van der Waals surface area (Å²) in [7, 11) is 6.64. The number of hydrogen-bond donors (Lipinski definition) is 1. The van der Waals surface area contributed by atoms with Gasteiger partial charge in [0.05, 0.1) is 44.7 Å². The van der Waals surface area contributed by atoms with Gasteiger partial charge in [-0.1, -0.05) is 11.6 Å². The molecule has 0 aliphatic carbocycles. The number of methoxy groups -OCH3 is 3. The molecule has 0 radical (unpaired) electrons. The third-order valence-corrected chi connectivity index (χ3v) is 4.53. The maximum Gasteiger partial charge on any atom is 0.141 e. The van der Waals surface area contributed by atoms with Crippen LogP contribution in [0, 0.1) is 0 Å². The molecule has 0 aliphatic heterocycles. The molecular formula is C19H20ClN3O3. The fraction of sp³-hybridized carbons (Fsp3) is 0.211. The van der Waals surface area contributed by atoms with Crippen LogP contribution < -0.4 is 19.9 Å². The Balaban J connectivity index is 2.19. The Morgan fingerprint density at radius 1 is 0.923 bits per heavy atom. The van der Waals surface area contributed by atoms with Gasteiger partial charge in [-0.05, 0) is 30.3 Å². The summed E-state index contributed by atoms with van der Waals surface area (Å²) < 4.78 is 17.9. The summed E-state index contributed by atoms with van der Waals surface area (Å²) in [5, 5.41) is 0.421. The van der Waals surface area contributed by atoms with Gasteiger partial charge in [0.25, 0.3) is 0 Å². The largest absolute Gasteiger partial charge is 0.495 e. The van der Waals surface area contributed by atoms with E-state index >= 15 is 0 Å². The summed E-state index contributed by atoms with van der Waals surface area (Å²) >= 11 is 6.28. The van der Waals surface area contributed by atoms with Crippen LogP contribution in [0.5, 0.6) is 17.2 Å². The molecule has 0 atom stereocenters. The van der Waals surface area contributed by atoms with Crippen LogP contribution in [0.25, 0.3) is 22.5 Å². The van der Waals surface area contributed by atoms with Gasteiger partial charge in [-0.2, -0.15) is 0 Å². The number of hydrogen-bond acceptors (Lipinski definition) is 5. The molecule has 3 aromatic rings. The van der Waals surface area contributed by atoms with Gasteiger partial charge in [-0.25, -0.2) is 4.98 Å². The maximum atomic E-state index is 6.28. The van der Waals surface area contributed by atoms with E-state index in [0.717, 1.165) is 22.5 Å². The van der Waals surface area contributed by atoms with Crippen LogP contribution in [0.3, 0.4) is 0 Å². The summed E-state index contributed by atoms with van der Waals surface area (Å²) in [6.45, 7) is 0. The SMILES string of the molecule is COc1ccc(-c2c(-c3cc(OC)c(Cl)c(OC)c3)ncn2C)cc1N. The first-order valence-corrected chi connectivity index (χ1v) is 8.25. The van der Waals surface area contributed by atoms with Crippen molar-refractivity contribution in [2.24, 2.45) is 7.05 Å². The third-order valence-electron chi connectivity index (χ3n) is 4.16. The van der Waals surface area contributed by atoms with E-state index in [4.69, 9.17) is 31.5 Å². The van der Waals surface area contributed by atoms with Crippen LogP contribution in [0.15, 0.2) is 36.7 Å². The first-order chi connectivity index (χ1) is 12.5. The molecule has 0 bridgehead atoms. The van der Waals surface area contributed by atoms with Gasteiger partial charge in [0.2, 0.25) is 0 Å². The molecule has 26 heavy (non-hydrogen) atoms. The predicted molar refractivity (Wildman–Crippen MR) is 103 cm³/mol. The highest BCUT2D eigenvalue weighted by molar-refractivity contribution is 6.33. The standard InChI is InChI=1S/C19H20ClN3O3/c1-23-10-22-18(12-8-15(25-3)17(20)16(9-12)26-4)19(23)11-5-6-14(24-2)13(21)7-11/h5-10H,21H2,1-4H3. The van der Waals surface area contributed by atoms with Crippen molar-refractivity contribution < 1.29 is 14.2 Å².